The van der Waals surface area contributed by atoms with E-state index in [0.717, 1.165) is 50.7 Å². The van der Waals surface area contributed by atoms with Crippen molar-refractivity contribution in [2.45, 2.75) is 83.3 Å². The minimum atomic E-state index is -2.19. The van der Waals surface area contributed by atoms with E-state index in [0.29, 0.717) is 13.0 Å². The molecule has 2 nitrogen and oxygen atoms in total. The molecule has 0 aromatic rings. The van der Waals surface area contributed by atoms with Crippen LogP contribution in [0.15, 0.2) is 0 Å². The van der Waals surface area contributed by atoms with Gasteiger partial charge in [0.15, 0.2) is 0 Å². The summed E-state index contributed by atoms with van der Waals surface area (Å²) in [6, 6.07) is 0. The number of hydrogen-bond donors (Lipinski definition) is 0. The highest BCUT2D eigenvalue weighted by Gasteiger charge is 2.19. The largest absolute Gasteiger partial charge is 0.465 e. The van der Waals surface area contributed by atoms with Crippen molar-refractivity contribution < 1.29 is 18.3 Å². The quantitative estimate of drug-likeness (QED) is 0.314. The van der Waals surface area contributed by atoms with Gasteiger partial charge in [-0.2, -0.15) is 0 Å². The van der Waals surface area contributed by atoms with E-state index < -0.39 is 6.43 Å². The molecule has 0 aromatic heterocycles. The van der Waals surface area contributed by atoms with Crippen molar-refractivity contribution in [2.24, 2.45) is 0 Å². The van der Waals surface area contributed by atoms with Gasteiger partial charge in [0.05, 0.1) is 6.61 Å². The van der Waals surface area contributed by atoms with Crippen molar-refractivity contribution in [1.82, 2.24) is 0 Å². The maximum Gasteiger partial charge on any atom is 0.319 e. The molecular formula is C16H30F2O2S. The second-order valence-electron chi connectivity index (χ2n) is 5.26. The Bertz CT molecular complexity index is 250. The van der Waals surface area contributed by atoms with Crippen LogP contribution in [0, 0.1) is 0 Å². The molecule has 0 radical (unpaired) electrons. The van der Waals surface area contributed by atoms with E-state index in [9.17, 15) is 13.6 Å². The van der Waals surface area contributed by atoms with E-state index in [1.54, 1.807) is 11.8 Å². The van der Waals surface area contributed by atoms with Gasteiger partial charge in [0, 0.05) is 6.42 Å². The Hall–Kier alpha value is -0.320. The first kappa shape index (κ1) is 20.7. The summed E-state index contributed by atoms with van der Waals surface area (Å²) in [6.07, 6.45) is 5.07. The minimum absolute atomic E-state index is 0.0108. The molecule has 0 saturated carbocycles. The summed E-state index contributed by atoms with van der Waals surface area (Å²) >= 11 is 1.63. The molecule has 0 N–H and O–H groups in total. The molecular weight excluding hydrogens is 294 g/mol. The highest BCUT2D eigenvalue weighted by Crippen LogP contribution is 2.22. The number of thioether (sulfide) groups is 1. The molecule has 126 valence electrons. The lowest BCUT2D eigenvalue weighted by Crippen LogP contribution is -2.21. The van der Waals surface area contributed by atoms with Crippen molar-refractivity contribution in [2.75, 3.05) is 12.4 Å². The van der Waals surface area contributed by atoms with Gasteiger partial charge in [-0.25, -0.2) is 8.78 Å². The van der Waals surface area contributed by atoms with Crippen LogP contribution in [0.25, 0.3) is 0 Å². The summed E-state index contributed by atoms with van der Waals surface area (Å²) in [6.45, 7) is 4.61. The van der Waals surface area contributed by atoms with Crippen molar-refractivity contribution in [3.63, 3.8) is 0 Å². The summed E-state index contributed by atoms with van der Waals surface area (Å²) in [4.78, 5) is 12.0. The van der Waals surface area contributed by atoms with Crippen LogP contribution >= 0.6 is 11.8 Å². The van der Waals surface area contributed by atoms with Crippen LogP contribution in [0.3, 0.4) is 0 Å². The highest BCUT2D eigenvalue weighted by atomic mass is 32.2. The van der Waals surface area contributed by atoms with Crippen molar-refractivity contribution in [1.29, 1.82) is 0 Å². The van der Waals surface area contributed by atoms with Gasteiger partial charge >= 0.3 is 5.97 Å². The summed E-state index contributed by atoms with van der Waals surface area (Å²) in [5.74, 6) is 0.742. The number of carbonyl (C=O) groups is 1. The maximum absolute atomic E-state index is 12.0. The molecule has 0 rings (SSSR count). The Labute approximate surface area is 132 Å². The number of alkyl halides is 2. The molecule has 0 aliphatic heterocycles. The zero-order chi connectivity index (χ0) is 15.9. The zero-order valence-electron chi connectivity index (χ0n) is 13.4. The first-order valence-electron chi connectivity index (χ1n) is 8.18. The molecule has 0 spiro atoms. The highest BCUT2D eigenvalue weighted by molar-refractivity contribution is 8.00. The Balaban J connectivity index is 3.88. The van der Waals surface area contributed by atoms with Gasteiger partial charge in [-0.1, -0.05) is 39.5 Å². The second-order valence-corrected chi connectivity index (χ2v) is 6.57. The third-order valence-corrected chi connectivity index (χ3v) is 4.52. The van der Waals surface area contributed by atoms with Crippen molar-refractivity contribution >= 4 is 17.7 Å². The fourth-order valence-corrected chi connectivity index (χ4v) is 3.14. The monoisotopic (exact) mass is 324 g/mol. The van der Waals surface area contributed by atoms with E-state index in [1.165, 1.54) is 0 Å². The first-order chi connectivity index (χ1) is 10.1. The number of unbranched alkanes of at least 4 members (excludes halogenated alkanes) is 4. The van der Waals surface area contributed by atoms with Crippen LogP contribution in [-0.4, -0.2) is 30.0 Å². The van der Waals surface area contributed by atoms with Crippen LogP contribution in [-0.2, 0) is 9.53 Å². The van der Waals surface area contributed by atoms with E-state index >= 15 is 0 Å². The summed E-state index contributed by atoms with van der Waals surface area (Å²) in [5.41, 5.74) is 0. The molecule has 1 unspecified atom stereocenters. The first-order valence-corrected chi connectivity index (χ1v) is 9.23. The number of ether oxygens (including phenoxy) is 1. The Morgan fingerprint density at radius 2 is 1.71 bits per heavy atom. The van der Waals surface area contributed by atoms with Crippen molar-refractivity contribution in [3.05, 3.63) is 0 Å². The third kappa shape index (κ3) is 13.1. The number of rotatable bonds is 14. The Morgan fingerprint density at radius 3 is 2.33 bits per heavy atom. The average molecular weight is 324 g/mol. The SMILES string of the molecule is CCCCCC(SCCCCCC(F)F)C(=O)OCCC. The smallest absolute Gasteiger partial charge is 0.319 e. The maximum atomic E-state index is 12.0. The van der Waals surface area contributed by atoms with Gasteiger partial charge in [0.2, 0.25) is 6.43 Å². The predicted octanol–water partition coefficient (Wildman–Crippen LogP) is 5.45. The van der Waals surface area contributed by atoms with Crippen LogP contribution in [0.1, 0.15) is 71.6 Å². The fourth-order valence-electron chi connectivity index (χ4n) is 1.95. The van der Waals surface area contributed by atoms with E-state index in [4.69, 9.17) is 4.74 Å². The van der Waals surface area contributed by atoms with E-state index in [1.807, 2.05) is 6.92 Å². The minimum Gasteiger partial charge on any atom is -0.465 e. The van der Waals surface area contributed by atoms with Gasteiger partial charge in [-0.3, -0.25) is 4.79 Å². The van der Waals surface area contributed by atoms with Crippen LogP contribution in [0.4, 0.5) is 8.78 Å². The average Bonchev–Trinajstić information content (AvgIpc) is 2.46. The third-order valence-electron chi connectivity index (χ3n) is 3.17. The number of halogens is 2. The molecule has 1 atom stereocenters. The topological polar surface area (TPSA) is 26.3 Å². The van der Waals surface area contributed by atoms with Gasteiger partial charge in [-0.05, 0) is 31.4 Å². The number of esters is 1. The zero-order valence-corrected chi connectivity index (χ0v) is 14.2. The lowest BCUT2D eigenvalue weighted by Gasteiger charge is -2.15. The molecule has 0 bridgehead atoms. The normalized spacial score (nSPS) is 12.6. The fraction of sp³-hybridized carbons (Fsp3) is 0.938. The molecule has 0 aliphatic rings. The molecule has 21 heavy (non-hydrogen) atoms. The molecule has 0 aromatic carbocycles. The van der Waals surface area contributed by atoms with Gasteiger partial charge in [0.1, 0.15) is 5.25 Å². The number of carbonyl (C=O) groups excluding carboxylic acids is 1. The summed E-state index contributed by atoms with van der Waals surface area (Å²) in [7, 11) is 0. The molecule has 0 saturated heterocycles. The van der Waals surface area contributed by atoms with Crippen LogP contribution < -0.4 is 0 Å². The van der Waals surface area contributed by atoms with Crippen LogP contribution in [0.5, 0.6) is 0 Å². The van der Waals surface area contributed by atoms with E-state index in [-0.39, 0.29) is 17.6 Å². The Morgan fingerprint density at radius 1 is 1.00 bits per heavy atom. The molecule has 0 amide bonds. The lowest BCUT2D eigenvalue weighted by molar-refractivity contribution is -0.143. The standard InChI is InChI=1S/C16H30F2O2S/c1-3-5-7-10-14(16(19)20-12-4-2)21-13-9-6-8-11-15(17)18/h14-15H,3-13H2,1-2H3. The van der Waals surface area contributed by atoms with E-state index in [2.05, 4.69) is 6.92 Å². The Kier molecular flexibility index (Phi) is 14.4. The summed E-state index contributed by atoms with van der Waals surface area (Å²) in [5, 5.41) is -0.0850. The van der Waals surface area contributed by atoms with Gasteiger partial charge in [0.25, 0.3) is 0 Å². The lowest BCUT2D eigenvalue weighted by atomic mass is 10.1. The van der Waals surface area contributed by atoms with Crippen LogP contribution in [0.2, 0.25) is 0 Å². The van der Waals surface area contributed by atoms with Crippen molar-refractivity contribution in [3.8, 4) is 0 Å². The predicted molar refractivity (Wildman–Crippen MR) is 86.1 cm³/mol. The molecule has 0 aliphatic carbocycles. The summed E-state index contributed by atoms with van der Waals surface area (Å²) < 4.78 is 29.2. The molecule has 0 heterocycles. The van der Waals surface area contributed by atoms with Gasteiger partial charge in [-0.15, -0.1) is 11.8 Å². The van der Waals surface area contributed by atoms with Gasteiger partial charge < -0.3 is 4.74 Å². The number of hydrogen-bond acceptors (Lipinski definition) is 3. The molecule has 0 fully saturated rings. The second kappa shape index (κ2) is 14.6. The molecule has 5 heteroatoms.